The van der Waals surface area contributed by atoms with E-state index in [-0.39, 0.29) is 22.3 Å². The van der Waals surface area contributed by atoms with Crippen LogP contribution in [-0.4, -0.2) is 15.8 Å². The molecule has 0 amide bonds. The molecule has 0 aliphatic rings. The van der Waals surface area contributed by atoms with Gasteiger partial charge in [-0.1, -0.05) is 12.1 Å². The monoisotopic (exact) mass is 224 g/mol. The molecule has 0 saturated carbocycles. The van der Waals surface area contributed by atoms with Gasteiger partial charge in [-0.2, -0.15) is 0 Å². The minimum Gasteiger partial charge on any atom is -0.293 e. The van der Waals surface area contributed by atoms with E-state index in [1.165, 1.54) is 19.1 Å². The lowest BCUT2D eigenvalue weighted by atomic mass is 10.1. The second-order valence-electron chi connectivity index (χ2n) is 3.03. The molecule has 1 aromatic carbocycles. The maximum absolute atomic E-state index is 13.3. The van der Waals surface area contributed by atoms with Crippen LogP contribution in [0.25, 0.3) is 10.9 Å². The summed E-state index contributed by atoms with van der Waals surface area (Å²) in [6.07, 6.45) is 0. The van der Waals surface area contributed by atoms with Crippen molar-refractivity contribution in [3.05, 3.63) is 35.0 Å². The van der Waals surface area contributed by atoms with Gasteiger partial charge in [-0.3, -0.25) is 4.79 Å². The summed E-state index contributed by atoms with van der Waals surface area (Å²) < 4.78 is 13.3. The number of hydrogen-bond donors (Lipinski definition) is 0. The molecule has 0 N–H and O–H groups in total. The molecule has 3 nitrogen and oxygen atoms in total. The van der Waals surface area contributed by atoms with E-state index in [4.69, 9.17) is 11.6 Å². The molecule has 0 fully saturated rings. The second kappa shape index (κ2) is 3.55. The number of nitrogens with zero attached hydrogens (tertiary/aromatic N) is 2. The number of fused-ring (bicyclic) bond motifs is 1. The van der Waals surface area contributed by atoms with Crippen LogP contribution in [0.4, 0.5) is 4.39 Å². The Morgan fingerprint density at radius 3 is 2.80 bits per heavy atom. The Labute approximate surface area is 89.9 Å². The average molecular weight is 225 g/mol. The molecule has 2 rings (SSSR count). The van der Waals surface area contributed by atoms with E-state index in [1.54, 1.807) is 6.07 Å². The predicted molar refractivity (Wildman–Crippen MR) is 54.5 cm³/mol. The highest BCUT2D eigenvalue weighted by Gasteiger charge is 2.12. The van der Waals surface area contributed by atoms with Gasteiger partial charge in [0.1, 0.15) is 17.0 Å². The minimum absolute atomic E-state index is 0.0719. The molecule has 0 atom stereocenters. The van der Waals surface area contributed by atoms with Crippen molar-refractivity contribution >= 4 is 28.3 Å². The Hall–Kier alpha value is -1.55. The van der Waals surface area contributed by atoms with Gasteiger partial charge in [0, 0.05) is 12.3 Å². The zero-order valence-corrected chi connectivity index (χ0v) is 8.55. The smallest absolute Gasteiger partial charge is 0.223 e. The van der Waals surface area contributed by atoms with Crippen molar-refractivity contribution in [2.45, 2.75) is 6.92 Å². The topological polar surface area (TPSA) is 42.9 Å². The van der Waals surface area contributed by atoms with Crippen LogP contribution in [0.15, 0.2) is 18.2 Å². The van der Waals surface area contributed by atoms with Crippen molar-refractivity contribution in [1.82, 2.24) is 9.97 Å². The van der Waals surface area contributed by atoms with Gasteiger partial charge in [-0.05, 0) is 17.7 Å². The maximum Gasteiger partial charge on any atom is 0.223 e. The molecule has 15 heavy (non-hydrogen) atoms. The molecule has 76 valence electrons. The molecule has 5 heteroatoms. The van der Waals surface area contributed by atoms with E-state index in [0.717, 1.165) is 0 Å². The number of para-hydroxylation sites is 1. The molecule has 2 aromatic rings. The van der Waals surface area contributed by atoms with E-state index < -0.39 is 5.82 Å². The van der Waals surface area contributed by atoms with Gasteiger partial charge >= 0.3 is 0 Å². The first-order valence-electron chi connectivity index (χ1n) is 4.22. The van der Waals surface area contributed by atoms with Crippen molar-refractivity contribution in [3.8, 4) is 0 Å². The summed E-state index contributed by atoms with van der Waals surface area (Å²) in [5, 5.41) is 0.254. The SMILES string of the molecule is CC(=O)c1nc(Cl)nc2c(F)cccc12. The van der Waals surface area contributed by atoms with Crippen molar-refractivity contribution in [1.29, 1.82) is 0 Å². The van der Waals surface area contributed by atoms with E-state index in [9.17, 15) is 9.18 Å². The molecule has 0 bridgehead atoms. The molecular weight excluding hydrogens is 219 g/mol. The van der Waals surface area contributed by atoms with E-state index >= 15 is 0 Å². The summed E-state index contributed by atoms with van der Waals surface area (Å²) in [6.45, 7) is 1.35. The van der Waals surface area contributed by atoms with Gasteiger partial charge in [0.2, 0.25) is 5.28 Å². The third-order valence-corrected chi connectivity index (χ3v) is 2.15. The van der Waals surface area contributed by atoms with Crippen LogP contribution in [0.5, 0.6) is 0 Å². The van der Waals surface area contributed by atoms with Crippen LogP contribution in [0.3, 0.4) is 0 Å². The van der Waals surface area contributed by atoms with Gasteiger partial charge in [-0.25, -0.2) is 14.4 Å². The number of benzene rings is 1. The Kier molecular flexibility index (Phi) is 2.36. The number of rotatable bonds is 1. The van der Waals surface area contributed by atoms with E-state index in [1.807, 2.05) is 0 Å². The zero-order valence-electron chi connectivity index (χ0n) is 7.79. The number of carbonyl (C=O) groups excluding carboxylic acids is 1. The van der Waals surface area contributed by atoms with Crippen molar-refractivity contribution in [2.75, 3.05) is 0 Å². The molecule has 1 aromatic heterocycles. The van der Waals surface area contributed by atoms with Gasteiger partial charge in [-0.15, -0.1) is 0 Å². The number of ketones is 1. The lowest BCUT2D eigenvalue weighted by molar-refractivity contribution is 0.101. The second-order valence-corrected chi connectivity index (χ2v) is 3.37. The largest absolute Gasteiger partial charge is 0.293 e. The first-order valence-corrected chi connectivity index (χ1v) is 4.60. The van der Waals surface area contributed by atoms with Crippen LogP contribution in [-0.2, 0) is 0 Å². The predicted octanol–water partition coefficient (Wildman–Crippen LogP) is 2.62. The summed E-state index contributed by atoms with van der Waals surface area (Å²) in [7, 11) is 0. The number of Topliss-reactive ketones (excluding diaryl/α,β-unsaturated/α-hetero) is 1. The molecular formula is C10H6ClFN2O. The third-order valence-electron chi connectivity index (χ3n) is 1.98. The summed E-state index contributed by atoms with van der Waals surface area (Å²) in [5.74, 6) is -0.783. The van der Waals surface area contributed by atoms with E-state index in [0.29, 0.717) is 5.39 Å². The fourth-order valence-corrected chi connectivity index (χ4v) is 1.53. The highest BCUT2D eigenvalue weighted by atomic mass is 35.5. The number of halogens is 2. The molecule has 1 heterocycles. The Balaban J connectivity index is 2.92. The Morgan fingerprint density at radius 2 is 2.13 bits per heavy atom. The summed E-state index contributed by atoms with van der Waals surface area (Å²) in [4.78, 5) is 18.8. The molecule has 0 aliphatic heterocycles. The molecule has 0 saturated heterocycles. The fourth-order valence-electron chi connectivity index (χ4n) is 1.36. The lowest BCUT2D eigenvalue weighted by Crippen LogP contribution is -2.01. The van der Waals surface area contributed by atoms with Crippen molar-refractivity contribution in [3.63, 3.8) is 0 Å². The van der Waals surface area contributed by atoms with Gasteiger partial charge in [0.25, 0.3) is 0 Å². The molecule has 0 unspecified atom stereocenters. The van der Waals surface area contributed by atoms with Gasteiger partial charge in [0.05, 0.1) is 0 Å². The number of aromatic nitrogens is 2. The van der Waals surface area contributed by atoms with Crippen molar-refractivity contribution in [2.24, 2.45) is 0 Å². The van der Waals surface area contributed by atoms with Crippen molar-refractivity contribution < 1.29 is 9.18 Å². The Morgan fingerprint density at radius 1 is 1.40 bits per heavy atom. The standard InChI is InChI=1S/C10H6ClFN2O/c1-5(15)8-6-3-2-4-7(12)9(6)14-10(11)13-8/h2-4H,1H3. The Bertz CT molecular complexity index is 556. The van der Waals surface area contributed by atoms with E-state index in [2.05, 4.69) is 9.97 Å². The fraction of sp³-hybridized carbons (Fsp3) is 0.100. The van der Waals surface area contributed by atoms with Gasteiger partial charge < -0.3 is 0 Å². The number of carbonyl (C=O) groups is 1. The molecule has 0 spiro atoms. The first kappa shape index (κ1) is 9.98. The normalized spacial score (nSPS) is 10.6. The van der Waals surface area contributed by atoms with Crippen LogP contribution in [0.2, 0.25) is 5.28 Å². The van der Waals surface area contributed by atoms with Crippen LogP contribution in [0.1, 0.15) is 17.4 Å². The van der Waals surface area contributed by atoms with Crippen LogP contribution >= 0.6 is 11.6 Å². The summed E-state index contributed by atoms with van der Waals surface area (Å²) >= 11 is 5.60. The zero-order chi connectivity index (χ0) is 11.0. The maximum atomic E-state index is 13.3. The highest BCUT2D eigenvalue weighted by molar-refractivity contribution is 6.29. The van der Waals surface area contributed by atoms with Gasteiger partial charge in [0.15, 0.2) is 5.78 Å². The van der Waals surface area contributed by atoms with Crippen LogP contribution < -0.4 is 0 Å². The lowest BCUT2D eigenvalue weighted by Gasteiger charge is -2.03. The minimum atomic E-state index is -0.515. The quantitative estimate of drug-likeness (QED) is 0.552. The van der Waals surface area contributed by atoms with Crippen LogP contribution in [0, 0.1) is 5.82 Å². The molecule has 0 aliphatic carbocycles. The first-order chi connectivity index (χ1) is 7.09. The third kappa shape index (κ3) is 1.68. The summed E-state index contributed by atoms with van der Waals surface area (Å²) in [6, 6.07) is 4.35. The number of hydrogen-bond acceptors (Lipinski definition) is 3. The summed E-state index contributed by atoms with van der Waals surface area (Å²) in [5.41, 5.74) is 0.215. The highest BCUT2D eigenvalue weighted by Crippen LogP contribution is 2.20. The molecule has 0 radical (unpaired) electrons. The average Bonchev–Trinajstić information content (AvgIpc) is 2.18.